The molecule has 0 radical (unpaired) electrons. The van der Waals surface area contributed by atoms with Crippen molar-refractivity contribution >= 4 is 22.6 Å². The lowest BCUT2D eigenvalue weighted by molar-refractivity contribution is -0.132. The van der Waals surface area contributed by atoms with Crippen molar-refractivity contribution < 1.29 is 4.79 Å². The lowest BCUT2D eigenvalue weighted by atomic mass is 9.71. The molecule has 5 heteroatoms. The van der Waals surface area contributed by atoms with Crippen molar-refractivity contribution in [2.75, 3.05) is 4.90 Å². The Morgan fingerprint density at radius 3 is 2.12 bits per heavy atom. The van der Waals surface area contributed by atoms with Crippen LogP contribution in [0.1, 0.15) is 22.6 Å². The molecule has 2 unspecified atom stereocenters. The monoisotopic (exact) mass is 430 g/mol. The van der Waals surface area contributed by atoms with Gasteiger partial charge in [0, 0.05) is 11.3 Å². The first-order chi connectivity index (χ1) is 16.2. The summed E-state index contributed by atoms with van der Waals surface area (Å²) in [6, 6.07) is 36.1. The number of amides is 1. The Hall–Kier alpha value is -4.25. The number of hydrogen-bond donors (Lipinski definition) is 0. The van der Waals surface area contributed by atoms with Crippen LogP contribution in [0.3, 0.4) is 0 Å². The number of benzene rings is 4. The third kappa shape index (κ3) is 2.75. The molecule has 33 heavy (non-hydrogen) atoms. The van der Waals surface area contributed by atoms with Crippen LogP contribution in [-0.4, -0.2) is 20.9 Å². The van der Waals surface area contributed by atoms with E-state index in [1.807, 2.05) is 114 Å². The van der Waals surface area contributed by atoms with Crippen LogP contribution in [0.5, 0.6) is 0 Å². The van der Waals surface area contributed by atoms with E-state index in [4.69, 9.17) is 0 Å². The number of para-hydroxylation sites is 1. The lowest BCUT2D eigenvalue weighted by Crippen LogP contribution is -2.71. The van der Waals surface area contributed by atoms with Gasteiger partial charge in [-0.1, -0.05) is 95.7 Å². The minimum absolute atomic E-state index is 0.0356. The van der Waals surface area contributed by atoms with Crippen molar-refractivity contribution in [1.29, 1.82) is 0 Å². The minimum atomic E-state index is -0.898. The Bertz CT molecular complexity index is 1440. The molecule has 0 aliphatic carbocycles. The highest BCUT2D eigenvalue weighted by molar-refractivity contribution is 6.09. The Labute approximate surface area is 191 Å². The van der Waals surface area contributed by atoms with Crippen LogP contribution < -0.4 is 4.90 Å². The number of rotatable bonds is 4. The number of aryl methyl sites for hydroxylation is 1. The fourth-order valence-corrected chi connectivity index (χ4v) is 5.01. The quantitative estimate of drug-likeness (QED) is 0.365. The summed E-state index contributed by atoms with van der Waals surface area (Å²) in [4.78, 5) is 15.8. The molecule has 0 N–H and O–H groups in total. The van der Waals surface area contributed by atoms with Gasteiger partial charge in [0.05, 0.1) is 5.52 Å². The lowest BCUT2D eigenvalue weighted by Gasteiger charge is -2.57. The Balaban J connectivity index is 1.70. The molecule has 0 spiro atoms. The molecule has 160 valence electrons. The van der Waals surface area contributed by atoms with E-state index in [0.717, 1.165) is 33.4 Å². The average Bonchev–Trinajstić information content (AvgIpc) is 3.29. The summed E-state index contributed by atoms with van der Waals surface area (Å²) in [6.45, 7) is 2.05. The van der Waals surface area contributed by atoms with E-state index in [-0.39, 0.29) is 5.91 Å². The van der Waals surface area contributed by atoms with Gasteiger partial charge in [0.1, 0.15) is 11.4 Å². The molecule has 4 aromatic carbocycles. The van der Waals surface area contributed by atoms with Crippen molar-refractivity contribution in [2.45, 2.75) is 18.5 Å². The van der Waals surface area contributed by atoms with Crippen LogP contribution >= 0.6 is 0 Å². The number of nitrogens with zero attached hydrogens (tertiary/aromatic N) is 4. The Morgan fingerprint density at radius 1 is 0.758 bits per heavy atom. The number of carbonyl (C=O) groups excluding carboxylic acids is 1. The smallest absolute Gasteiger partial charge is 0.241 e. The molecule has 2 atom stereocenters. The molecule has 2 heterocycles. The highest BCUT2D eigenvalue weighted by Crippen LogP contribution is 2.55. The van der Waals surface area contributed by atoms with Gasteiger partial charge >= 0.3 is 0 Å². The van der Waals surface area contributed by atoms with Crippen LogP contribution in [0.2, 0.25) is 0 Å². The molecular weight excluding hydrogens is 408 g/mol. The van der Waals surface area contributed by atoms with Crippen LogP contribution in [0.15, 0.2) is 109 Å². The Kier molecular flexibility index (Phi) is 4.37. The molecule has 1 amide bonds. The SMILES string of the molecule is Cc1ccc(N2C(=O)C(c3ccccc3)C2(c2ccccc2)n2nnc3ccccc32)cc1. The van der Waals surface area contributed by atoms with Gasteiger partial charge < -0.3 is 0 Å². The average molecular weight is 431 g/mol. The van der Waals surface area contributed by atoms with E-state index < -0.39 is 11.6 Å². The van der Waals surface area contributed by atoms with Crippen LogP contribution in [0.25, 0.3) is 11.0 Å². The molecule has 6 rings (SSSR count). The topological polar surface area (TPSA) is 51.0 Å². The molecule has 1 aromatic heterocycles. The molecule has 0 bridgehead atoms. The number of carbonyl (C=O) groups is 1. The number of hydrogen-bond acceptors (Lipinski definition) is 3. The van der Waals surface area contributed by atoms with Crippen molar-refractivity contribution in [1.82, 2.24) is 15.0 Å². The molecule has 5 aromatic rings. The molecule has 1 saturated heterocycles. The van der Waals surface area contributed by atoms with Crippen molar-refractivity contribution in [3.05, 3.63) is 126 Å². The minimum Gasteiger partial charge on any atom is -0.281 e. The van der Waals surface area contributed by atoms with Crippen molar-refractivity contribution in [2.24, 2.45) is 0 Å². The predicted molar refractivity (Wildman–Crippen MR) is 129 cm³/mol. The van der Waals surface area contributed by atoms with Crippen LogP contribution in [-0.2, 0) is 10.5 Å². The van der Waals surface area contributed by atoms with Gasteiger partial charge in [-0.3, -0.25) is 9.69 Å². The summed E-state index contributed by atoms with van der Waals surface area (Å²) < 4.78 is 1.93. The molecule has 1 aliphatic rings. The normalized spacial score (nSPS) is 20.1. The fraction of sp³-hybridized carbons (Fsp3) is 0.107. The first kappa shape index (κ1) is 19.4. The highest BCUT2D eigenvalue weighted by atomic mass is 16.2. The van der Waals surface area contributed by atoms with Gasteiger partial charge in [-0.15, -0.1) is 5.10 Å². The first-order valence-corrected chi connectivity index (χ1v) is 11.0. The largest absolute Gasteiger partial charge is 0.281 e. The third-order valence-corrected chi connectivity index (χ3v) is 6.51. The summed E-state index contributed by atoms with van der Waals surface area (Å²) >= 11 is 0. The molecular formula is C28H22N4O. The summed E-state index contributed by atoms with van der Waals surface area (Å²) in [5.41, 5.74) is 4.69. The van der Waals surface area contributed by atoms with Crippen LogP contribution in [0, 0.1) is 6.92 Å². The molecule has 5 nitrogen and oxygen atoms in total. The van der Waals surface area contributed by atoms with E-state index in [0.29, 0.717) is 0 Å². The molecule has 0 saturated carbocycles. The zero-order valence-electron chi connectivity index (χ0n) is 18.2. The predicted octanol–water partition coefficient (Wildman–Crippen LogP) is 5.27. The summed E-state index contributed by atoms with van der Waals surface area (Å²) in [5.74, 6) is -0.416. The van der Waals surface area contributed by atoms with Gasteiger partial charge in [0.25, 0.3) is 0 Å². The fourth-order valence-electron chi connectivity index (χ4n) is 5.01. The number of aromatic nitrogens is 3. The van der Waals surface area contributed by atoms with Crippen molar-refractivity contribution in [3.63, 3.8) is 0 Å². The van der Waals surface area contributed by atoms with Gasteiger partial charge in [-0.05, 0) is 36.8 Å². The van der Waals surface area contributed by atoms with Crippen molar-refractivity contribution in [3.8, 4) is 0 Å². The second kappa shape index (κ2) is 7.41. The van der Waals surface area contributed by atoms with E-state index >= 15 is 0 Å². The standard InChI is InChI=1S/C28H22N4O/c1-20-16-18-23(19-17-20)31-27(33)26(21-10-4-2-5-11-21)28(31,22-12-6-3-7-13-22)32-25-15-9-8-14-24(25)29-30-32/h2-19,26H,1H3. The number of anilines is 1. The summed E-state index contributed by atoms with van der Waals surface area (Å²) in [5, 5.41) is 9.10. The van der Waals surface area contributed by atoms with Gasteiger partial charge in [0.15, 0.2) is 5.66 Å². The van der Waals surface area contributed by atoms with E-state index in [2.05, 4.69) is 22.4 Å². The summed E-state index contributed by atoms with van der Waals surface area (Å²) in [7, 11) is 0. The van der Waals surface area contributed by atoms with Crippen LogP contribution in [0.4, 0.5) is 5.69 Å². The molecule has 1 aliphatic heterocycles. The second-order valence-electron chi connectivity index (χ2n) is 8.44. The van der Waals surface area contributed by atoms with Gasteiger partial charge in [-0.2, -0.15) is 0 Å². The van der Waals surface area contributed by atoms with Gasteiger partial charge in [-0.25, -0.2) is 4.68 Å². The van der Waals surface area contributed by atoms with E-state index in [1.165, 1.54) is 0 Å². The summed E-state index contributed by atoms with van der Waals surface area (Å²) in [6.07, 6.45) is 0. The first-order valence-electron chi connectivity index (χ1n) is 11.0. The zero-order valence-corrected chi connectivity index (χ0v) is 18.2. The van der Waals surface area contributed by atoms with E-state index in [1.54, 1.807) is 0 Å². The zero-order chi connectivity index (χ0) is 22.4. The number of β-lactam (4-membered cyclic amide) rings is 1. The van der Waals surface area contributed by atoms with E-state index in [9.17, 15) is 4.79 Å². The Morgan fingerprint density at radius 2 is 1.39 bits per heavy atom. The maximum absolute atomic E-state index is 13.9. The molecule has 1 fully saturated rings. The van der Waals surface area contributed by atoms with Gasteiger partial charge in [0.2, 0.25) is 5.91 Å². The third-order valence-electron chi connectivity index (χ3n) is 6.51. The number of fused-ring (bicyclic) bond motifs is 1. The highest BCUT2D eigenvalue weighted by Gasteiger charge is 2.65. The second-order valence-corrected chi connectivity index (χ2v) is 8.44. The maximum Gasteiger partial charge on any atom is 0.241 e. The maximum atomic E-state index is 13.9.